The molecule has 112 valence electrons. The highest BCUT2D eigenvalue weighted by Gasteiger charge is 2.14. The maximum absolute atomic E-state index is 12.2. The number of sulfonamides is 1. The zero-order valence-electron chi connectivity index (χ0n) is 11.6. The minimum absolute atomic E-state index is 0.0816. The molecule has 0 aliphatic rings. The highest BCUT2D eigenvalue weighted by Crippen LogP contribution is 2.15. The van der Waals surface area contributed by atoms with Crippen LogP contribution in [-0.4, -0.2) is 32.5 Å². The minimum Gasteiger partial charge on any atom is -0.347 e. The van der Waals surface area contributed by atoms with Crippen molar-refractivity contribution in [2.75, 3.05) is 19.0 Å². The van der Waals surface area contributed by atoms with Gasteiger partial charge in [-0.05, 0) is 24.3 Å². The van der Waals surface area contributed by atoms with Crippen LogP contribution in [0.3, 0.4) is 0 Å². The molecule has 0 aliphatic carbocycles. The van der Waals surface area contributed by atoms with Gasteiger partial charge in [-0.3, -0.25) is 0 Å². The van der Waals surface area contributed by atoms with E-state index in [1.165, 1.54) is 12.1 Å². The second-order valence-electron chi connectivity index (χ2n) is 4.52. The molecule has 0 bridgehead atoms. The molecule has 2 rings (SSSR count). The van der Waals surface area contributed by atoms with E-state index in [0.717, 1.165) is 0 Å². The van der Waals surface area contributed by atoms with Crippen LogP contribution in [0.4, 0.5) is 5.95 Å². The molecule has 0 fully saturated rings. The maximum atomic E-state index is 12.2. The summed E-state index contributed by atoms with van der Waals surface area (Å²) in [5, 5.41) is 0.370. The van der Waals surface area contributed by atoms with Gasteiger partial charge in [0.05, 0.1) is 17.1 Å². The molecule has 6 nitrogen and oxygen atoms in total. The average molecular weight is 327 g/mol. The normalized spacial score (nSPS) is 11.4. The van der Waals surface area contributed by atoms with Gasteiger partial charge in [0, 0.05) is 25.3 Å². The molecule has 0 amide bonds. The monoisotopic (exact) mass is 326 g/mol. The Morgan fingerprint density at radius 1 is 1.29 bits per heavy atom. The Morgan fingerprint density at radius 3 is 2.71 bits per heavy atom. The molecule has 1 aromatic heterocycles. The van der Waals surface area contributed by atoms with Gasteiger partial charge in [-0.1, -0.05) is 17.7 Å². The van der Waals surface area contributed by atoms with E-state index in [9.17, 15) is 8.42 Å². The Hall–Kier alpha value is -1.70. The average Bonchev–Trinajstić information content (AvgIpc) is 2.45. The van der Waals surface area contributed by atoms with E-state index in [2.05, 4.69) is 14.7 Å². The molecule has 2 aromatic rings. The molecule has 0 atom stereocenters. The number of aromatic nitrogens is 2. The molecule has 0 aliphatic heterocycles. The molecule has 0 saturated carbocycles. The zero-order chi connectivity index (χ0) is 15.5. The zero-order valence-corrected chi connectivity index (χ0v) is 13.2. The fraction of sp³-hybridized carbons (Fsp3) is 0.231. The minimum atomic E-state index is -3.62. The third-order valence-corrected chi connectivity index (χ3v) is 4.28. The van der Waals surface area contributed by atoms with Crippen LogP contribution in [0, 0.1) is 0 Å². The van der Waals surface area contributed by atoms with Crippen LogP contribution in [-0.2, 0) is 16.6 Å². The molecule has 0 unspecified atom stereocenters. The Balaban J connectivity index is 2.14. The third kappa shape index (κ3) is 4.13. The Morgan fingerprint density at radius 2 is 2.05 bits per heavy atom. The second kappa shape index (κ2) is 6.38. The fourth-order valence-electron chi connectivity index (χ4n) is 1.58. The second-order valence-corrected chi connectivity index (χ2v) is 6.73. The van der Waals surface area contributed by atoms with E-state index in [1.807, 2.05) is 14.1 Å². The topological polar surface area (TPSA) is 75.2 Å². The standard InChI is InChI=1S/C13H15ClN4O2S/c1-18(2)13-15-7-6-11(17-13)9-16-21(19,20)12-5-3-4-10(14)8-12/h3-8,16H,9H2,1-2H3. The number of anilines is 1. The molecule has 1 N–H and O–H groups in total. The van der Waals surface area contributed by atoms with E-state index in [1.54, 1.807) is 29.3 Å². The molecule has 1 heterocycles. The van der Waals surface area contributed by atoms with Gasteiger partial charge in [-0.15, -0.1) is 0 Å². The summed E-state index contributed by atoms with van der Waals surface area (Å²) in [7, 11) is 0.00694. The summed E-state index contributed by atoms with van der Waals surface area (Å²) in [5.41, 5.74) is 0.583. The van der Waals surface area contributed by atoms with E-state index in [0.29, 0.717) is 16.7 Å². The number of nitrogens with zero attached hydrogens (tertiary/aromatic N) is 3. The van der Waals surface area contributed by atoms with Crippen molar-refractivity contribution >= 4 is 27.6 Å². The van der Waals surface area contributed by atoms with Gasteiger partial charge in [0.15, 0.2) is 0 Å². The van der Waals surface area contributed by atoms with E-state index < -0.39 is 10.0 Å². The number of halogens is 1. The number of rotatable bonds is 5. The van der Waals surface area contributed by atoms with Crippen LogP contribution in [0.1, 0.15) is 5.69 Å². The van der Waals surface area contributed by atoms with Gasteiger partial charge in [-0.25, -0.2) is 23.1 Å². The van der Waals surface area contributed by atoms with Gasteiger partial charge in [0.2, 0.25) is 16.0 Å². The number of hydrogen-bond donors (Lipinski definition) is 1. The number of hydrogen-bond acceptors (Lipinski definition) is 5. The van der Waals surface area contributed by atoms with Crippen molar-refractivity contribution in [2.24, 2.45) is 0 Å². The lowest BCUT2D eigenvalue weighted by Crippen LogP contribution is -2.24. The molecule has 1 aromatic carbocycles. The van der Waals surface area contributed by atoms with Gasteiger partial charge in [0.1, 0.15) is 0 Å². The first-order chi connectivity index (χ1) is 9.88. The lowest BCUT2D eigenvalue weighted by Gasteiger charge is -2.11. The molecule has 21 heavy (non-hydrogen) atoms. The lowest BCUT2D eigenvalue weighted by molar-refractivity contribution is 0.580. The smallest absolute Gasteiger partial charge is 0.240 e. The summed E-state index contributed by atoms with van der Waals surface area (Å²) in [5.74, 6) is 0.523. The van der Waals surface area contributed by atoms with Crippen molar-refractivity contribution in [3.8, 4) is 0 Å². The Kier molecular flexibility index (Phi) is 4.76. The number of benzene rings is 1. The lowest BCUT2D eigenvalue weighted by atomic mass is 10.4. The third-order valence-electron chi connectivity index (χ3n) is 2.65. The first kappa shape index (κ1) is 15.7. The van der Waals surface area contributed by atoms with Gasteiger partial charge in [0.25, 0.3) is 0 Å². The largest absolute Gasteiger partial charge is 0.347 e. The van der Waals surface area contributed by atoms with Crippen molar-refractivity contribution in [2.45, 2.75) is 11.4 Å². The predicted molar refractivity (Wildman–Crippen MR) is 81.8 cm³/mol. The van der Waals surface area contributed by atoms with Gasteiger partial charge < -0.3 is 4.90 Å². The van der Waals surface area contributed by atoms with Crippen LogP contribution in [0.15, 0.2) is 41.4 Å². The van der Waals surface area contributed by atoms with Crippen molar-refractivity contribution in [1.29, 1.82) is 0 Å². The Bertz CT molecular complexity index is 734. The van der Waals surface area contributed by atoms with E-state index >= 15 is 0 Å². The Labute approximate surface area is 128 Å². The van der Waals surface area contributed by atoms with Crippen LogP contribution in [0.2, 0.25) is 5.02 Å². The van der Waals surface area contributed by atoms with Crippen LogP contribution in [0.5, 0.6) is 0 Å². The van der Waals surface area contributed by atoms with Crippen LogP contribution < -0.4 is 9.62 Å². The summed E-state index contributed by atoms with van der Waals surface area (Å²) in [6.07, 6.45) is 1.59. The molecule has 0 saturated heterocycles. The predicted octanol–water partition coefficient (Wildman–Crippen LogP) is 1.67. The van der Waals surface area contributed by atoms with E-state index in [-0.39, 0.29) is 11.4 Å². The summed E-state index contributed by atoms with van der Waals surface area (Å²) < 4.78 is 26.8. The van der Waals surface area contributed by atoms with E-state index in [4.69, 9.17) is 11.6 Å². The van der Waals surface area contributed by atoms with Gasteiger partial charge in [-0.2, -0.15) is 0 Å². The van der Waals surface area contributed by atoms with Crippen LogP contribution in [0.25, 0.3) is 0 Å². The summed E-state index contributed by atoms with van der Waals surface area (Å²) in [6.45, 7) is 0.0816. The van der Waals surface area contributed by atoms with Crippen molar-refractivity contribution in [3.05, 3.63) is 47.2 Å². The summed E-state index contributed by atoms with van der Waals surface area (Å²) in [4.78, 5) is 10.2. The molecule has 0 spiro atoms. The fourth-order valence-corrected chi connectivity index (χ4v) is 2.88. The summed E-state index contributed by atoms with van der Waals surface area (Å²) >= 11 is 5.81. The molecule has 8 heteroatoms. The van der Waals surface area contributed by atoms with Crippen LogP contribution >= 0.6 is 11.6 Å². The highest BCUT2D eigenvalue weighted by molar-refractivity contribution is 7.89. The first-order valence-corrected chi connectivity index (χ1v) is 7.99. The maximum Gasteiger partial charge on any atom is 0.240 e. The molecular weight excluding hydrogens is 312 g/mol. The van der Waals surface area contributed by atoms with Gasteiger partial charge >= 0.3 is 0 Å². The van der Waals surface area contributed by atoms with Crippen molar-refractivity contribution in [3.63, 3.8) is 0 Å². The first-order valence-electron chi connectivity index (χ1n) is 6.13. The quantitative estimate of drug-likeness (QED) is 0.904. The molecule has 0 radical (unpaired) electrons. The molecular formula is C13H15ClN4O2S. The SMILES string of the molecule is CN(C)c1nccc(CNS(=O)(=O)c2cccc(Cl)c2)n1. The van der Waals surface area contributed by atoms with Crippen molar-refractivity contribution in [1.82, 2.24) is 14.7 Å². The summed E-state index contributed by atoms with van der Waals surface area (Å²) in [6, 6.07) is 7.75. The van der Waals surface area contributed by atoms with Crippen molar-refractivity contribution < 1.29 is 8.42 Å². The number of nitrogens with one attached hydrogen (secondary N) is 1. The highest BCUT2D eigenvalue weighted by atomic mass is 35.5.